The van der Waals surface area contributed by atoms with E-state index in [4.69, 9.17) is 11.5 Å². The lowest BCUT2D eigenvalue weighted by molar-refractivity contribution is 0.366. The average Bonchev–Trinajstić information content (AvgIpc) is 2.10. The predicted molar refractivity (Wildman–Crippen MR) is 54.9 cm³/mol. The third-order valence-corrected chi connectivity index (χ3v) is 2.55. The molecule has 0 heterocycles. The van der Waals surface area contributed by atoms with Crippen LogP contribution in [0.25, 0.3) is 0 Å². The van der Waals surface area contributed by atoms with E-state index in [0.717, 1.165) is 31.3 Å². The van der Waals surface area contributed by atoms with Gasteiger partial charge < -0.3 is 11.5 Å². The quantitative estimate of drug-likeness (QED) is 0.614. The topological polar surface area (TPSA) is 52.0 Å². The molecule has 0 aliphatic heterocycles. The third-order valence-electron chi connectivity index (χ3n) is 2.55. The van der Waals surface area contributed by atoms with E-state index in [1.807, 2.05) is 0 Å². The van der Waals surface area contributed by atoms with Gasteiger partial charge in [-0.3, -0.25) is 0 Å². The van der Waals surface area contributed by atoms with Crippen LogP contribution in [0.15, 0.2) is 0 Å². The van der Waals surface area contributed by atoms with Gasteiger partial charge in [-0.2, -0.15) is 0 Å². The van der Waals surface area contributed by atoms with E-state index in [2.05, 4.69) is 13.8 Å². The van der Waals surface area contributed by atoms with Crippen LogP contribution >= 0.6 is 0 Å². The van der Waals surface area contributed by atoms with Crippen LogP contribution in [0.1, 0.15) is 39.5 Å². The van der Waals surface area contributed by atoms with Crippen LogP contribution in [-0.2, 0) is 0 Å². The van der Waals surface area contributed by atoms with Gasteiger partial charge >= 0.3 is 0 Å². The van der Waals surface area contributed by atoms with Gasteiger partial charge in [-0.1, -0.05) is 20.3 Å². The Labute approximate surface area is 76.7 Å². The fourth-order valence-electron chi connectivity index (χ4n) is 1.58. The zero-order valence-corrected chi connectivity index (χ0v) is 8.55. The predicted octanol–water partition coefficient (Wildman–Crippen LogP) is 1.74. The highest BCUT2D eigenvalue weighted by molar-refractivity contribution is 4.63. The van der Waals surface area contributed by atoms with Gasteiger partial charge in [-0.15, -0.1) is 0 Å². The number of hydrogen-bond acceptors (Lipinski definition) is 2. The van der Waals surface area contributed by atoms with Crippen LogP contribution in [0.4, 0.5) is 0 Å². The largest absolute Gasteiger partial charge is 0.330 e. The molecule has 0 aliphatic rings. The molecule has 0 amide bonds. The van der Waals surface area contributed by atoms with E-state index in [1.54, 1.807) is 0 Å². The van der Waals surface area contributed by atoms with Gasteiger partial charge in [0.25, 0.3) is 0 Å². The fourth-order valence-corrected chi connectivity index (χ4v) is 1.58. The molecular formula is C10H24N2. The second kappa shape index (κ2) is 7.56. The molecule has 2 atom stereocenters. The highest BCUT2D eigenvalue weighted by atomic mass is 14.5. The van der Waals surface area contributed by atoms with Crippen molar-refractivity contribution in [1.82, 2.24) is 0 Å². The Morgan fingerprint density at radius 1 is 1.25 bits per heavy atom. The molecule has 4 N–H and O–H groups in total. The van der Waals surface area contributed by atoms with Crippen LogP contribution < -0.4 is 11.5 Å². The summed E-state index contributed by atoms with van der Waals surface area (Å²) in [5.74, 6) is 1.51. The highest BCUT2D eigenvalue weighted by Crippen LogP contribution is 2.18. The first kappa shape index (κ1) is 11.9. The fraction of sp³-hybridized carbons (Fsp3) is 1.00. The molecule has 0 aromatic carbocycles. The summed E-state index contributed by atoms with van der Waals surface area (Å²) in [5, 5.41) is 0. The summed E-state index contributed by atoms with van der Waals surface area (Å²) in [6.45, 7) is 6.17. The van der Waals surface area contributed by atoms with E-state index in [-0.39, 0.29) is 0 Å². The summed E-state index contributed by atoms with van der Waals surface area (Å²) in [4.78, 5) is 0. The van der Waals surface area contributed by atoms with Gasteiger partial charge in [0.1, 0.15) is 0 Å². The van der Waals surface area contributed by atoms with E-state index < -0.39 is 0 Å². The third kappa shape index (κ3) is 5.56. The van der Waals surface area contributed by atoms with Crippen molar-refractivity contribution in [3.05, 3.63) is 0 Å². The van der Waals surface area contributed by atoms with Gasteiger partial charge in [0.15, 0.2) is 0 Å². The first-order valence-electron chi connectivity index (χ1n) is 5.14. The standard InChI is InChI=1S/C10H24N2/c1-3-10(8-12)7-9(2)5-4-6-11/h9-10H,3-8,11-12H2,1-2H3. The Morgan fingerprint density at radius 3 is 2.33 bits per heavy atom. The van der Waals surface area contributed by atoms with E-state index in [9.17, 15) is 0 Å². The van der Waals surface area contributed by atoms with Crippen LogP contribution in [-0.4, -0.2) is 13.1 Å². The van der Waals surface area contributed by atoms with Crippen LogP contribution in [0.3, 0.4) is 0 Å². The molecule has 0 rings (SSSR count). The summed E-state index contributed by atoms with van der Waals surface area (Å²) < 4.78 is 0. The second-order valence-corrected chi connectivity index (χ2v) is 3.78. The van der Waals surface area contributed by atoms with Gasteiger partial charge in [-0.05, 0) is 44.2 Å². The van der Waals surface area contributed by atoms with Gasteiger partial charge in [0, 0.05) is 0 Å². The number of nitrogens with two attached hydrogens (primary N) is 2. The molecule has 74 valence electrons. The van der Waals surface area contributed by atoms with Crippen molar-refractivity contribution < 1.29 is 0 Å². The minimum Gasteiger partial charge on any atom is -0.330 e. The lowest BCUT2D eigenvalue weighted by Gasteiger charge is -2.17. The molecule has 0 spiro atoms. The highest BCUT2D eigenvalue weighted by Gasteiger charge is 2.09. The molecule has 0 aromatic heterocycles. The minimum atomic E-state index is 0.720. The Morgan fingerprint density at radius 2 is 1.92 bits per heavy atom. The Bertz CT molecular complexity index is 89.8. The van der Waals surface area contributed by atoms with Gasteiger partial charge in [0.2, 0.25) is 0 Å². The smallest absolute Gasteiger partial charge is 0.00489 e. The number of rotatable bonds is 7. The van der Waals surface area contributed by atoms with E-state index in [1.165, 1.54) is 19.3 Å². The number of hydrogen-bond donors (Lipinski definition) is 2. The monoisotopic (exact) mass is 172 g/mol. The lowest BCUT2D eigenvalue weighted by Crippen LogP contribution is -2.16. The van der Waals surface area contributed by atoms with Crippen LogP contribution in [0.5, 0.6) is 0 Å². The van der Waals surface area contributed by atoms with Crippen molar-refractivity contribution in [3.63, 3.8) is 0 Å². The maximum atomic E-state index is 5.64. The van der Waals surface area contributed by atoms with Crippen LogP contribution in [0, 0.1) is 11.8 Å². The summed E-state index contributed by atoms with van der Waals surface area (Å²) in [6.07, 6.45) is 4.89. The zero-order valence-electron chi connectivity index (χ0n) is 8.55. The molecule has 0 fully saturated rings. The second-order valence-electron chi connectivity index (χ2n) is 3.78. The SMILES string of the molecule is CCC(CN)CC(C)CCCN. The minimum absolute atomic E-state index is 0.720. The van der Waals surface area contributed by atoms with Gasteiger partial charge in [0.05, 0.1) is 0 Å². The molecule has 0 aromatic rings. The van der Waals surface area contributed by atoms with E-state index in [0.29, 0.717) is 0 Å². The summed E-state index contributed by atoms with van der Waals surface area (Å²) in [6, 6.07) is 0. The van der Waals surface area contributed by atoms with Crippen molar-refractivity contribution in [1.29, 1.82) is 0 Å². The molecule has 0 aliphatic carbocycles. The normalized spacial score (nSPS) is 16.0. The molecule has 12 heavy (non-hydrogen) atoms. The molecule has 0 saturated heterocycles. The van der Waals surface area contributed by atoms with Crippen LogP contribution in [0.2, 0.25) is 0 Å². The Kier molecular flexibility index (Phi) is 7.51. The molecule has 0 bridgehead atoms. The molecule has 0 saturated carbocycles. The van der Waals surface area contributed by atoms with Crippen molar-refractivity contribution in [2.75, 3.05) is 13.1 Å². The maximum absolute atomic E-state index is 5.64. The van der Waals surface area contributed by atoms with Crippen molar-refractivity contribution in [2.24, 2.45) is 23.3 Å². The maximum Gasteiger partial charge on any atom is -0.00489 e. The first-order valence-corrected chi connectivity index (χ1v) is 5.14. The Balaban J connectivity index is 3.44. The molecule has 2 nitrogen and oxygen atoms in total. The zero-order chi connectivity index (χ0) is 9.40. The summed E-state index contributed by atoms with van der Waals surface area (Å²) in [5.41, 5.74) is 11.1. The summed E-state index contributed by atoms with van der Waals surface area (Å²) >= 11 is 0. The lowest BCUT2D eigenvalue weighted by atomic mass is 9.91. The van der Waals surface area contributed by atoms with Gasteiger partial charge in [-0.25, -0.2) is 0 Å². The molecule has 2 unspecified atom stereocenters. The molecular weight excluding hydrogens is 148 g/mol. The Hall–Kier alpha value is -0.0800. The molecule has 2 heteroatoms. The average molecular weight is 172 g/mol. The van der Waals surface area contributed by atoms with Crippen molar-refractivity contribution >= 4 is 0 Å². The summed E-state index contributed by atoms with van der Waals surface area (Å²) in [7, 11) is 0. The van der Waals surface area contributed by atoms with Crippen molar-refractivity contribution in [3.8, 4) is 0 Å². The molecule has 0 radical (unpaired) electrons. The van der Waals surface area contributed by atoms with Crippen molar-refractivity contribution in [2.45, 2.75) is 39.5 Å². The first-order chi connectivity index (χ1) is 5.74. The van der Waals surface area contributed by atoms with E-state index >= 15 is 0 Å².